The smallest absolute Gasteiger partial charge is 0.306 e. The van der Waals surface area contributed by atoms with Gasteiger partial charge in [-0.25, -0.2) is 8.42 Å². The van der Waals surface area contributed by atoms with E-state index in [1.807, 2.05) is 30.3 Å². The molecule has 31 heavy (non-hydrogen) atoms. The van der Waals surface area contributed by atoms with Crippen LogP contribution in [0.15, 0.2) is 70.5 Å². The van der Waals surface area contributed by atoms with Crippen molar-refractivity contribution in [2.75, 3.05) is 20.2 Å². The predicted octanol–water partition coefficient (Wildman–Crippen LogP) is 3.98. The highest BCUT2D eigenvalue weighted by Crippen LogP contribution is 2.31. The van der Waals surface area contributed by atoms with Crippen LogP contribution in [0.25, 0.3) is 10.8 Å². The van der Waals surface area contributed by atoms with Crippen LogP contribution >= 0.6 is 0 Å². The van der Waals surface area contributed by atoms with E-state index in [9.17, 15) is 18.3 Å². The Hall–Kier alpha value is -2.90. The number of ether oxygens (including phenoxy) is 1. The normalized spacial score (nSPS) is 15.8. The summed E-state index contributed by atoms with van der Waals surface area (Å²) in [5, 5.41) is 11.1. The van der Waals surface area contributed by atoms with Gasteiger partial charge in [0.1, 0.15) is 5.75 Å². The van der Waals surface area contributed by atoms with E-state index in [0.29, 0.717) is 38.2 Å². The Kier molecular flexibility index (Phi) is 5.98. The van der Waals surface area contributed by atoms with Crippen molar-refractivity contribution < 1.29 is 23.1 Å². The van der Waals surface area contributed by atoms with E-state index in [2.05, 4.69) is 4.90 Å². The van der Waals surface area contributed by atoms with Gasteiger partial charge in [0.05, 0.1) is 22.8 Å². The fourth-order valence-electron chi connectivity index (χ4n) is 4.10. The van der Waals surface area contributed by atoms with Crippen LogP contribution in [-0.4, -0.2) is 44.6 Å². The summed E-state index contributed by atoms with van der Waals surface area (Å²) in [5.74, 6) is -0.484. The van der Waals surface area contributed by atoms with Gasteiger partial charge in [0.25, 0.3) is 0 Å². The van der Waals surface area contributed by atoms with E-state index in [1.165, 1.54) is 0 Å². The summed E-state index contributed by atoms with van der Waals surface area (Å²) in [6.07, 6.45) is 1.15. The maximum absolute atomic E-state index is 13.5. The van der Waals surface area contributed by atoms with Crippen LogP contribution in [0.4, 0.5) is 0 Å². The number of methoxy groups -OCH3 is 1. The summed E-state index contributed by atoms with van der Waals surface area (Å²) in [7, 11) is -2.20. The van der Waals surface area contributed by atoms with Gasteiger partial charge < -0.3 is 9.84 Å². The van der Waals surface area contributed by atoms with Crippen molar-refractivity contribution >= 4 is 26.6 Å². The topological polar surface area (TPSA) is 83.9 Å². The highest BCUT2D eigenvalue weighted by molar-refractivity contribution is 7.91. The number of rotatable bonds is 6. The molecule has 0 aromatic heterocycles. The lowest BCUT2D eigenvalue weighted by Crippen LogP contribution is -2.36. The molecule has 1 fully saturated rings. The van der Waals surface area contributed by atoms with Gasteiger partial charge in [-0.1, -0.05) is 24.3 Å². The van der Waals surface area contributed by atoms with Crippen LogP contribution in [-0.2, 0) is 21.2 Å². The summed E-state index contributed by atoms with van der Waals surface area (Å²) >= 11 is 0. The summed E-state index contributed by atoms with van der Waals surface area (Å²) in [6.45, 7) is 1.72. The molecule has 0 saturated carbocycles. The van der Waals surface area contributed by atoms with Gasteiger partial charge in [-0.15, -0.1) is 0 Å². The van der Waals surface area contributed by atoms with E-state index in [0.717, 1.165) is 16.3 Å². The Morgan fingerprint density at radius 2 is 1.65 bits per heavy atom. The quantitative estimate of drug-likeness (QED) is 0.626. The van der Waals surface area contributed by atoms with E-state index in [4.69, 9.17) is 4.74 Å². The first-order valence-corrected chi connectivity index (χ1v) is 11.7. The minimum atomic E-state index is -3.74. The van der Waals surface area contributed by atoms with Gasteiger partial charge in [-0.05, 0) is 78.7 Å². The number of fused-ring (bicyclic) bond motifs is 1. The average molecular weight is 440 g/mol. The fraction of sp³-hybridized carbons (Fsp3) is 0.292. The number of likely N-dealkylation sites (tertiary alicyclic amines) is 1. The Morgan fingerprint density at radius 1 is 1.03 bits per heavy atom. The van der Waals surface area contributed by atoms with Crippen LogP contribution in [0.2, 0.25) is 0 Å². The summed E-state index contributed by atoms with van der Waals surface area (Å²) in [6, 6.07) is 17.8. The van der Waals surface area contributed by atoms with Crippen LogP contribution in [0.1, 0.15) is 18.4 Å². The molecule has 6 nitrogen and oxygen atoms in total. The molecule has 0 unspecified atom stereocenters. The SMILES string of the molecule is COc1ccc(S(=O)(=O)c2cc3ccccc3cc2CN2CCC(C(=O)O)CC2)cc1. The predicted molar refractivity (Wildman–Crippen MR) is 118 cm³/mol. The van der Waals surface area contributed by atoms with E-state index in [-0.39, 0.29) is 15.7 Å². The van der Waals surface area contributed by atoms with Gasteiger partial charge in [-0.2, -0.15) is 0 Å². The number of hydrogen-bond donors (Lipinski definition) is 1. The lowest BCUT2D eigenvalue weighted by molar-refractivity contribution is -0.143. The maximum atomic E-state index is 13.5. The molecule has 0 spiro atoms. The largest absolute Gasteiger partial charge is 0.497 e. The zero-order chi connectivity index (χ0) is 22.0. The maximum Gasteiger partial charge on any atom is 0.306 e. The number of carboxylic acid groups (broad SMARTS) is 1. The Bertz CT molecular complexity index is 1200. The van der Waals surface area contributed by atoms with Gasteiger partial charge >= 0.3 is 5.97 Å². The Labute approximate surface area is 182 Å². The summed E-state index contributed by atoms with van der Waals surface area (Å²) in [4.78, 5) is 13.9. The van der Waals surface area contributed by atoms with Gasteiger partial charge in [0.15, 0.2) is 0 Å². The third-order valence-corrected chi connectivity index (χ3v) is 7.77. The average Bonchev–Trinajstić information content (AvgIpc) is 2.79. The summed E-state index contributed by atoms with van der Waals surface area (Å²) in [5.41, 5.74) is 0.725. The second-order valence-corrected chi connectivity index (χ2v) is 9.79. The van der Waals surface area contributed by atoms with E-state index in [1.54, 1.807) is 37.4 Å². The lowest BCUT2D eigenvalue weighted by atomic mass is 9.96. The number of nitrogens with zero attached hydrogens (tertiary/aromatic N) is 1. The third-order valence-electron chi connectivity index (χ3n) is 5.92. The molecule has 0 radical (unpaired) electrons. The third kappa shape index (κ3) is 4.43. The molecular weight excluding hydrogens is 414 g/mol. The molecule has 1 N–H and O–H groups in total. The standard InChI is InChI=1S/C24H25NO5S/c1-30-21-6-8-22(9-7-21)31(28,29)23-15-19-5-3-2-4-18(19)14-20(23)16-25-12-10-17(11-13-25)24(26)27/h2-9,14-15,17H,10-13,16H2,1H3,(H,26,27). The highest BCUT2D eigenvalue weighted by Gasteiger charge is 2.27. The van der Waals surface area contributed by atoms with Crippen molar-refractivity contribution in [3.8, 4) is 5.75 Å². The molecule has 4 rings (SSSR count). The molecule has 162 valence electrons. The highest BCUT2D eigenvalue weighted by atomic mass is 32.2. The number of piperidine rings is 1. The molecule has 3 aromatic rings. The monoisotopic (exact) mass is 439 g/mol. The molecule has 7 heteroatoms. The molecule has 0 bridgehead atoms. The van der Waals surface area contributed by atoms with Gasteiger partial charge in [0.2, 0.25) is 9.84 Å². The lowest BCUT2D eigenvalue weighted by Gasteiger charge is -2.30. The first kappa shape index (κ1) is 21.3. The zero-order valence-electron chi connectivity index (χ0n) is 17.3. The Morgan fingerprint density at radius 3 is 2.23 bits per heavy atom. The molecule has 1 heterocycles. The molecule has 0 aliphatic carbocycles. The first-order valence-electron chi connectivity index (χ1n) is 10.2. The number of hydrogen-bond acceptors (Lipinski definition) is 5. The fourth-order valence-corrected chi connectivity index (χ4v) is 5.60. The van der Waals surface area contributed by atoms with Crippen molar-refractivity contribution in [1.29, 1.82) is 0 Å². The Balaban J connectivity index is 1.72. The molecule has 1 aliphatic heterocycles. The summed E-state index contributed by atoms with van der Waals surface area (Å²) < 4.78 is 32.2. The van der Waals surface area contributed by atoms with Crippen LogP contribution in [0.3, 0.4) is 0 Å². The zero-order valence-corrected chi connectivity index (χ0v) is 18.1. The number of carboxylic acids is 1. The number of sulfone groups is 1. The number of aliphatic carboxylic acids is 1. The second-order valence-electron chi connectivity index (χ2n) is 7.87. The molecule has 0 amide bonds. The van der Waals surface area contributed by atoms with Gasteiger partial charge in [0, 0.05) is 6.54 Å². The molecule has 0 atom stereocenters. The van der Waals surface area contributed by atoms with Gasteiger partial charge in [-0.3, -0.25) is 9.69 Å². The number of benzene rings is 3. The minimum absolute atomic E-state index is 0.217. The first-order chi connectivity index (χ1) is 14.9. The van der Waals surface area contributed by atoms with E-state index < -0.39 is 15.8 Å². The van der Waals surface area contributed by atoms with Crippen LogP contribution in [0, 0.1) is 5.92 Å². The second kappa shape index (κ2) is 8.69. The van der Waals surface area contributed by atoms with Crippen molar-refractivity contribution in [2.24, 2.45) is 5.92 Å². The molecule has 1 saturated heterocycles. The number of carbonyl (C=O) groups is 1. The van der Waals surface area contributed by atoms with Crippen molar-refractivity contribution in [2.45, 2.75) is 29.2 Å². The molecule has 1 aliphatic rings. The van der Waals surface area contributed by atoms with Crippen molar-refractivity contribution in [1.82, 2.24) is 4.90 Å². The minimum Gasteiger partial charge on any atom is -0.497 e. The van der Waals surface area contributed by atoms with Crippen molar-refractivity contribution in [3.63, 3.8) is 0 Å². The van der Waals surface area contributed by atoms with Crippen LogP contribution < -0.4 is 4.74 Å². The van der Waals surface area contributed by atoms with Crippen molar-refractivity contribution in [3.05, 3.63) is 66.2 Å². The van der Waals surface area contributed by atoms with E-state index >= 15 is 0 Å². The molecular formula is C24H25NO5S. The molecule has 3 aromatic carbocycles. The van der Waals surface area contributed by atoms with Crippen LogP contribution in [0.5, 0.6) is 5.75 Å².